The van der Waals surface area contributed by atoms with Gasteiger partial charge in [0.15, 0.2) is 0 Å². The van der Waals surface area contributed by atoms with Gasteiger partial charge in [-0.05, 0) is 42.0 Å². The lowest BCUT2D eigenvalue weighted by Gasteiger charge is -2.04. The minimum atomic E-state index is -0.190. The van der Waals surface area contributed by atoms with Crippen LogP contribution in [0.15, 0.2) is 60.9 Å². The molecular formula is C17H13Cl2N3O. The Kier molecular flexibility index (Phi) is 4.65. The number of halogens is 2. The average Bonchev–Trinajstić information content (AvgIpc) is 3.03. The number of carbonyl (C=O) groups excluding carboxylic acids is 1. The first-order valence-corrected chi connectivity index (χ1v) is 7.71. The molecule has 0 radical (unpaired) electrons. The topological polar surface area (TPSA) is 46.9 Å². The summed E-state index contributed by atoms with van der Waals surface area (Å²) in [5.41, 5.74) is 2.27. The van der Waals surface area contributed by atoms with Crippen molar-refractivity contribution in [1.29, 1.82) is 0 Å². The summed E-state index contributed by atoms with van der Waals surface area (Å²) in [5, 5.41) is 8.34. The van der Waals surface area contributed by atoms with Crippen LogP contribution in [-0.4, -0.2) is 15.7 Å². The van der Waals surface area contributed by atoms with E-state index in [4.69, 9.17) is 23.2 Å². The minimum Gasteiger partial charge on any atom is -0.348 e. The number of amides is 1. The number of nitrogens with zero attached hydrogens (tertiary/aromatic N) is 2. The monoisotopic (exact) mass is 345 g/mol. The van der Waals surface area contributed by atoms with Crippen molar-refractivity contribution < 1.29 is 4.79 Å². The highest BCUT2D eigenvalue weighted by atomic mass is 35.5. The first-order chi connectivity index (χ1) is 11.1. The fourth-order valence-corrected chi connectivity index (χ4v) is 2.45. The summed E-state index contributed by atoms with van der Waals surface area (Å²) in [7, 11) is 0. The number of rotatable bonds is 4. The molecular weight excluding hydrogens is 333 g/mol. The zero-order chi connectivity index (χ0) is 16.2. The van der Waals surface area contributed by atoms with Crippen molar-refractivity contribution in [3.8, 4) is 5.69 Å². The largest absolute Gasteiger partial charge is 0.348 e. The van der Waals surface area contributed by atoms with E-state index in [2.05, 4.69) is 10.4 Å². The lowest BCUT2D eigenvalue weighted by molar-refractivity contribution is 0.0951. The van der Waals surface area contributed by atoms with Crippen LogP contribution < -0.4 is 5.32 Å². The van der Waals surface area contributed by atoms with Crippen LogP contribution in [0.2, 0.25) is 10.0 Å². The van der Waals surface area contributed by atoms with E-state index in [1.807, 2.05) is 30.3 Å². The summed E-state index contributed by atoms with van der Waals surface area (Å²) in [4.78, 5) is 12.2. The van der Waals surface area contributed by atoms with Crippen molar-refractivity contribution in [2.45, 2.75) is 6.54 Å². The first-order valence-electron chi connectivity index (χ1n) is 6.95. The Labute approximate surface area is 143 Å². The summed E-state index contributed by atoms with van der Waals surface area (Å²) in [6.07, 6.45) is 3.21. The molecule has 0 aliphatic rings. The second-order valence-electron chi connectivity index (χ2n) is 4.96. The van der Waals surface area contributed by atoms with E-state index in [9.17, 15) is 4.79 Å². The van der Waals surface area contributed by atoms with E-state index in [1.165, 1.54) is 6.20 Å². The molecule has 1 heterocycles. The summed E-state index contributed by atoms with van der Waals surface area (Å²) in [5.74, 6) is -0.190. The zero-order valence-corrected chi connectivity index (χ0v) is 13.6. The molecule has 0 aliphatic carbocycles. The molecule has 0 bridgehead atoms. The second kappa shape index (κ2) is 6.86. The fourth-order valence-electron chi connectivity index (χ4n) is 2.11. The van der Waals surface area contributed by atoms with Crippen molar-refractivity contribution in [3.05, 3.63) is 82.1 Å². The van der Waals surface area contributed by atoms with Crippen LogP contribution in [0.1, 0.15) is 15.9 Å². The first kappa shape index (κ1) is 15.6. The highest BCUT2D eigenvalue weighted by Gasteiger charge is 2.09. The summed E-state index contributed by atoms with van der Waals surface area (Å²) < 4.78 is 1.63. The molecule has 3 aromatic rings. The molecule has 0 aliphatic heterocycles. The van der Waals surface area contributed by atoms with Gasteiger partial charge in [0.2, 0.25) is 0 Å². The Morgan fingerprint density at radius 3 is 2.61 bits per heavy atom. The van der Waals surface area contributed by atoms with Gasteiger partial charge in [-0.15, -0.1) is 0 Å². The Morgan fingerprint density at radius 2 is 1.87 bits per heavy atom. The normalized spacial score (nSPS) is 10.5. The SMILES string of the molecule is O=C(NCc1cccc(Cl)c1)c1cnn(-c2ccc(Cl)cc2)c1. The highest BCUT2D eigenvalue weighted by Crippen LogP contribution is 2.14. The van der Waals surface area contributed by atoms with Crippen molar-refractivity contribution in [2.24, 2.45) is 0 Å². The van der Waals surface area contributed by atoms with Gasteiger partial charge >= 0.3 is 0 Å². The molecule has 1 N–H and O–H groups in total. The van der Waals surface area contributed by atoms with E-state index in [1.54, 1.807) is 29.1 Å². The molecule has 0 fully saturated rings. The van der Waals surface area contributed by atoms with Gasteiger partial charge in [0.1, 0.15) is 0 Å². The molecule has 1 amide bonds. The fraction of sp³-hybridized carbons (Fsp3) is 0.0588. The molecule has 0 atom stereocenters. The second-order valence-corrected chi connectivity index (χ2v) is 5.84. The van der Waals surface area contributed by atoms with Gasteiger partial charge in [0.05, 0.1) is 17.4 Å². The molecule has 3 rings (SSSR count). The van der Waals surface area contributed by atoms with Gasteiger partial charge in [0.25, 0.3) is 5.91 Å². The van der Waals surface area contributed by atoms with E-state index in [-0.39, 0.29) is 5.91 Å². The van der Waals surface area contributed by atoms with Crippen molar-refractivity contribution in [2.75, 3.05) is 0 Å². The third-order valence-corrected chi connectivity index (χ3v) is 3.77. The maximum Gasteiger partial charge on any atom is 0.254 e. The van der Waals surface area contributed by atoms with Gasteiger partial charge < -0.3 is 5.32 Å². The number of aromatic nitrogens is 2. The predicted octanol–water partition coefficient (Wildman–Crippen LogP) is 4.11. The Balaban J connectivity index is 1.67. The number of benzene rings is 2. The van der Waals surface area contributed by atoms with Crippen LogP contribution in [0.4, 0.5) is 0 Å². The van der Waals surface area contributed by atoms with Gasteiger partial charge in [-0.2, -0.15) is 5.10 Å². The van der Waals surface area contributed by atoms with Gasteiger partial charge in [-0.25, -0.2) is 4.68 Å². The Hall–Kier alpha value is -2.30. The van der Waals surface area contributed by atoms with Crippen LogP contribution in [0, 0.1) is 0 Å². The maximum atomic E-state index is 12.2. The van der Waals surface area contributed by atoms with Crippen LogP contribution in [0.5, 0.6) is 0 Å². The summed E-state index contributed by atoms with van der Waals surface area (Å²) >= 11 is 11.8. The van der Waals surface area contributed by atoms with Gasteiger partial charge in [0, 0.05) is 22.8 Å². The molecule has 0 saturated carbocycles. The van der Waals surface area contributed by atoms with Gasteiger partial charge in [-0.3, -0.25) is 4.79 Å². The van der Waals surface area contributed by atoms with Crippen molar-refractivity contribution >= 4 is 29.1 Å². The smallest absolute Gasteiger partial charge is 0.254 e. The predicted molar refractivity (Wildman–Crippen MR) is 91.2 cm³/mol. The standard InChI is InChI=1S/C17H13Cl2N3O/c18-14-4-6-16(7-5-14)22-11-13(10-21-22)17(23)20-9-12-2-1-3-15(19)8-12/h1-8,10-11H,9H2,(H,20,23). The quantitative estimate of drug-likeness (QED) is 0.773. The van der Waals surface area contributed by atoms with Crippen LogP contribution in [-0.2, 0) is 6.54 Å². The number of nitrogens with one attached hydrogen (secondary N) is 1. The molecule has 0 saturated heterocycles. The van der Waals surface area contributed by atoms with Crippen molar-refractivity contribution in [3.63, 3.8) is 0 Å². The molecule has 23 heavy (non-hydrogen) atoms. The minimum absolute atomic E-state index is 0.190. The molecule has 0 spiro atoms. The van der Waals surface area contributed by atoms with E-state index in [0.29, 0.717) is 22.2 Å². The summed E-state index contributed by atoms with van der Waals surface area (Å²) in [6.45, 7) is 0.408. The summed E-state index contributed by atoms with van der Waals surface area (Å²) in [6, 6.07) is 14.6. The van der Waals surface area contributed by atoms with E-state index >= 15 is 0 Å². The Bertz CT molecular complexity index is 828. The molecule has 4 nitrogen and oxygen atoms in total. The van der Waals surface area contributed by atoms with Crippen LogP contribution in [0.3, 0.4) is 0 Å². The molecule has 116 valence electrons. The Morgan fingerprint density at radius 1 is 1.09 bits per heavy atom. The van der Waals surface area contributed by atoms with E-state index < -0.39 is 0 Å². The third-order valence-electron chi connectivity index (χ3n) is 3.28. The van der Waals surface area contributed by atoms with Crippen LogP contribution in [0.25, 0.3) is 5.69 Å². The van der Waals surface area contributed by atoms with Crippen molar-refractivity contribution in [1.82, 2.24) is 15.1 Å². The molecule has 6 heteroatoms. The maximum absolute atomic E-state index is 12.2. The van der Waals surface area contributed by atoms with Gasteiger partial charge in [-0.1, -0.05) is 35.3 Å². The average molecular weight is 346 g/mol. The third kappa shape index (κ3) is 3.92. The zero-order valence-electron chi connectivity index (χ0n) is 12.0. The van der Waals surface area contributed by atoms with Crippen LogP contribution >= 0.6 is 23.2 Å². The lowest BCUT2D eigenvalue weighted by Crippen LogP contribution is -2.22. The number of hydrogen-bond acceptors (Lipinski definition) is 2. The molecule has 1 aromatic heterocycles. The molecule has 2 aromatic carbocycles. The number of hydrogen-bond donors (Lipinski definition) is 1. The highest BCUT2D eigenvalue weighted by molar-refractivity contribution is 6.30. The lowest BCUT2D eigenvalue weighted by atomic mass is 10.2. The van der Waals surface area contributed by atoms with E-state index in [0.717, 1.165) is 11.3 Å². The number of carbonyl (C=O) groups is 1. The molecule has 0 unspecified atom stereocenters.